The van der Waals surface area contributed by atoms with Crippen LogP contribution in [0.1, 0.15) is 202 Å². The molecular weight excluding hydrogens is 1260 g/mol. The van der Waals surface area contributed by atoms with E-state index in [4.69, 9.17) is 66.3 Å². The van der Waals surface area contributed by atoms with Crippen LogP contribution in [0, 0.1) is 5.92 Å². The third-order valence-corrected chi connectivity index (χ3v) is 19.1. The maximum absolute atomic E-state index is 14.5. The molecule has 6 heterocycles. The lowest BCUT2D eigenvalue weighted by atomic mass is 9.95. The minimum absolute atomic E-state index is 0.0548. The number of benzene rings is 1. The number of esters is 4. The van der Waals surface area contributed by atoms with Crippen LogP contribution < -0.4 is 0 Å². The van der Waals surface area contributed by atoms with E-state index in [1.54, 1.807) is 51.1 Å². The average molecular weight is 1370 g/mol. The number of aliphatic hydroxyl groups excluding tert-OH is 8. The molecule has 0 spiro atoms. The fourth-order valence-electron chi connectivity index (χ4n) is 13.0. The summed E-state index contributed by atoms with van der Waals surface area (Å²) >= 11 is 0. The van der Waals surface area contributed by atoms with Gasteiger partial charge in [0.2, 0.25) is 0 Å². The second kappa shape index (κ2) is 39.9. The van der Waals surface area contributed by atoms with Crippen LogP contribution in [0.2, 0.25) is 0 Å². The van der Waals surface area contributed by atoms with E-state index in [1.165, 1.54) is 26.8 Å². The Hall–Kier alpha value is -3.88. The van der Waals surface area contributed by atoms with E-state index in [2.05, 4.69) is 13.8 Å². The van der Waals surface area contributed by atoms with Gasteiger partial charge in [-0.3, -0.25) is 14.4 Å². The lowest BCUT2D eigenvalue weighted by Crippen LogP contribution is -2.68. The molecular formula is C70H112O26. The Morgan fingerprint density at radius 1 is 0.531 bits per heavy atom. The van der Waals surface area contributed by atoms with Crippen LogP contribution >= 0.6 is 0 Å². The van der Waals surface area contributed by atoms with Gasteiger partial charge in [0.25, 0.3) is 0 Å². The third kappa shape index (κ3) is 22.3. The first-order chi connectivity index (χ1) is 46.1. The Bertz CT molecular complexity index is 2470. The van der Waals surface area contributed by atoms with Gasteiger partial charge in [-0.15, -0.1) is 0 Å². The number of rotatable bonds is 26. The molecule has 2 unspecified atom stereocenters. The van der Waals surface area contributed by atoms with E-state index in [9.17, 15) is 60.0 Å². The largest absolute Gasteiger partial charge is 0.456 e. The molecule has 0 bridgehead atoms. The van der Waals surface area contributed by atoms with Gasteiger partial charge >= 0.3 is 23.9 Å². The fraction of sp³-hybridized carbons (Fsp3) is 0.829. The molecule has 6 aliphatic rings. The maximum atomic E-state index is 14.5. The highest BCUT2D eigenvalue weighted by molar-refractivity contribution is 5.87. The predicted molar refractivity (Wildman–Crippen MR) is 342 cm³/mol. The van der Waals surface area contributed by atoms with Gasteiger partial charge in [0.1, 0.15) is 73.2 Å². The van der Waals surface area contributed by atoms with E-state index in [1.807, 2.05) is 0 Å². The van der Waals surface area contributed by atoms with Gasteiger partial charge in [-0.25, -0.2) is 4.79 Å². The molecule has 6 fully saturated rings. The van der Waals surface area contributed by atoms with Crippen molar-refractivity contribution in [1.82, 2.24) is 0 Å². The van der Waals surface area contributed by atoms with Crippen LogP contribution in [-0.4, -0.2) is 231 Å². The molecule has 26 nitrogen and oxygen atoms in total. The van der Waals surface area contributed by atoms with E-state index in [-0.39, 0.29) is 18.9 Å². The number of ether oxygens (including phenoxy) is 14. The SMILES string of the molecule is CCCCCCCCCC(=O)O[C@H]1[C@H](O[C@@H]2[C@@H](O)[C@H]3OC(=O)CCCCCCCCCC(CCCCC)O[C@@H]4O[C@H](C)[C@H](O)[C@H](O)[C@H]4O[C@@H]3O[C@H]2C)O[C@@H](C)[C@H](O[C@@H]2O[C@@H](C)[C@H](OC(=O)C(C)CC)[C@@H](O)[C@H]2OC(=O)/C=C/c2ccccc2)[C@H]1O[C@@H]1O[C@H](CO)[C@@H](O)[C@H](O)[C@H]1O. The molecule has 0 aromatic heterocycles. The van der Waals surface area contributed by atoms with Crippen LogP contribution in [0.25, 0.3) is 6.08 Å². The van der Waals surface area contributed by atoms with E-state index >= 15 is 0 Å². The Morgan fingerprint density at radius 2 is 1.12 bits per heavy atom. The normalized spacial score (nSPS) is 38.8. The van der Waals surface area contributed by atoms with Gasteiger partial charge in [-0.2, -0.15) is 0 Å². The topological polar surface area (TPSA) is 359 Å². The summed E-state index contributed by atoms with van der Waals surface area (Å²) in [6, 6.07) is 8.80. The number of fused-ring (bicyclic) bond motifs is 2. The van der Waals surface area contributed by atoms with Crippen LogP contribution in [-0.2, 0) is 85.5 Å². The molecule has 27 atom stereocenters. The first-order valence-corrected chi connectivity index (χ1v) is 35.5. The molecule has 0 saturated carbocycles. The Labute approximate surface area is 565 Å². The summed E-state index contributed by atoms with van der Waals surface area (Å²) in [6.45, 7) is 12.9. The number of unbranched alkanes of at least 4 members (excludes halogenated alkanes) is 8. The van der Waals surface area contributed by atoms with Gasteiger partial charge in [-0.1, -0.05) is 154 Å². The van der Waals surface area contributed by atoms with Crippen molar-refractivity contribution in [2.24, 2.45) is 5.92 Å². The molecule has 548 valence electrons. The first-order valence-electron chi connectivity index (χ1n) is 35.5. The number of carbonyl (C=O) groups is 4. The summed E-state index contributed by atoms with van der Waals surface area (Å²) in [4.78, 5) is 55.8. The molecule has 6 aliphatic heterocycles. The second-order valence-electron chi connectivity index (χ2n) is 26.8. The smallest absolute Gasteiger partial charge is 0.331 e. The van der Waals surface area contributed by atoms with Gasteiger partial charge in [0.05, 0.1) is 43.0 Å². The minimum Gasteiger partial charge on any atom is -0.456 e. The fourth-order valence-corrected chi connectivity index (χ4v) is 13.0. The lowest BCUT2D eigenvalue weighted by molar-refractivity contribution is -0.400. The van der Waals surface area contributed by atoms with Crippen LogP contribution in [0.5, 0.6) is 0 Å². The van der Waals surface area contributed by atoms with E-state index < -0.39 is 190 Å². The second-order valence-corrected chi connectivity index (χ2v) is 26.8. The lowest BCUT2D eigenvalue weighted by Gasteiger charge is -2.51. The summed E-state index contributed by atoms with van der Waals surface area (Å²) in [5.74, 6) is -3.78. The van der Waals surface area contributed by atoms with Crippen LogP contribution in [0.4, 0.5) is 0 Å². The Morgan fingerprint density at radius 3 is 1.81 bits per heavy atom. The zero-order valence-electron chi connectivity index (χ0n) is 57.3. The van der Waals surface area contributed by atoms with Crippen molar-refractivity contribution in [3.05, 3.63) is 42.0 Å². The number of hydrogen-bond acceptors (Lipinski definition) is 26. The summed E-state index contributed by atoms with van der Waals surface area (Å²) in [5.41, 5.74) is 0.630. The predicted octanol–water partition coefficient (Wildman–Crippen LogP) is 5.79. The van der Waals surface area contributed by atoms with Crippen molar-refractivity contribution in [3.63, 3.8) is 0 Å². The summed E-state index contributed by atoms with van der Waals surface area (Å²) in [6.07, 6.45) is -22.3. The highest BCUT2D eigenvalue weighted by Gasteiger charge is 2.59. The standard InChI is InChI=1S/C70H112O26/c1-9-12-14-15-17-21-29-35-48(73)91-64-63(96-66-54(79)52(77)51(76)46(38-71)88-66)59(94-68-61(90-49(74)37-36-44-30-25-23-26-31-44)55(80)57(41(6)84-68)92-65(82)39(4)11-3)43(8)86-70(64)93-58-42(7)85-69-62(56(58)81)89-47(72)34-28-22-19-16-18-20-27-33-45(32-24-13-10-2)87-67-60(95-69)53(78)50(75)40(5)83-67/h23,25-26,30-31,36-37,39-43,45-46,50-64,66-71,75-81H,9-22,24,27-29,32-35,38H2,1-8H3/b37-36+/t39?,40-,41+,42+,43+,45?,46-,50+,51-,52+,53+,54-,55-,56-,57+,58+,59+,60-,61-,62-,63-,64-,66+,67+,68+,69+,70+/m1/s1. The van der Waals surface area contributed by atoms with Gasteiger partial charge in [0, 0.05) is 18.9 Å². The number of carbonyl (C=O) groups excluding carboxylic acids is 4. The van der Waals surface area contributed by atoms with E-state index in [0.717, 1.165) is 96.0 Å². The van der Waals surface area contributed by atoms with Gasteiger partial charge in [-0.05, 0) is 71.4 Å². The molecule has 8 N–H and O–H groups in total. The maximum Gasteiger partial charge on any atom is 0.331 e. The summed E-state index contributed by atoms with van der Waals surface area (Å²) in [5, 5.41) is 92.3. The van der Waals surface area contributed by atoms with E-state index in [0.29, 0.717) is 44.1 Å². The molecule has 0 aliphatic carbocycles. The number of aliphatic hydroxyl groups is 8. The van der Waals surface area contributed by atoms with Crippen molar-refractivity contribution in [2.45, 2.75) is 356 Å². The molecule has 26 heteroatoms. The molecule has 7 rings (SSSR count). The van der Waals surface area contributed by atoms with Crippen molar-refractivity contribution < 1.29 is 126 Å². The van der Waals surface area contributed by atoms with Crippen molar-refractivity contribution >= 4 is 30.0 Å². The van der Waals surface area contributed by atoms with Gasteiger partial charge < -0.3 is 107 Å². The monoisotopic (exact) mass is 1370 g/mol. The molecule has 6 saturated heterocycles. The quantitative estimate of drug-likeness (QED) is 0.0235. The summed E-state index contributed by atoms with van der Waals surface area (Å²) < 4.78 is 89.5. The summed E-state index contributed by atoms with van der Waals surface area (Å²) in [7, 11) is 0. The van der Waals surface area contributed by atoms with Crippen LogP contribution in [0.3, 0.4) is 0 Å². The Kier molecular flexibility index (Phi) is 33.1. The Balaban J connectivity index is 1.27. The zero-order chi connectivity index (χ0) is 69.6. The first kappa shape index (κ1) is 79.4. The average Bonchev–Trinajstić information content (AvgIpc) is 0.769. The van der Waals surface area contributed by atoms with Crippen molar-refractivity contribution in [3.8, 4) is 0 Å². The zero-order valence-corrected chi connectivity index (χ0v) is 57.3. The van der Waals surface area contributed by atoms with Gasteiger partial charge in [0.15, 0.2) is 55.9 Å². The van der Waals surface area contributed by atoms with Crippen molar-refractivity contribution in [2.75, 3.05) is 6.61 Å². The van der Waals surface area contributed by atoms with Crippen molar-refractivity contribution in [1.29, 1.82) is 0 Å². The molecule has 96 heavy (non-hydrogen) atoms. The molecule has 1 aromatic rings. The van der Waals surface area contributed by atoms with Crippen LogP contribution in [0.15, 0.2) is 36.4 Å². The highest BCUT2D eigenvalue weighted by Crippen LogP contribution is 2.40. The minimum atomic E-state index is -2.06. The third-order valence-electron chi connectivity index (χ3n) is 19.1. The molecule has 0 amide bonds. The molecule has 1 aromatic carbocycles. The highest BCUT2D eigenvalue weighted by atomic mass is 16.8. The molecule has 0 radical (unpaired) electrons. The number of hydrogen-bond donors (Lipinski definition) is 8.